The summed E-state index contributed by atoms with van der Waals surface area (Å²) < 4.78 is 123. The van der Waals surface area contributed by atoms with Crippen LogP contribution in [0.25, 0.3) is 22.8 Å². The number of thioether (sulfide) groups is 1. The van der Waals surface area contributed by atoms with Crippen LogP contribution in [0.1, 0.15) is 80.8 Å². The number of ether oxygens (including phenoxy) is 6. The van der Waals surface area contributed by atoms with E-state index >= 15 is 19.2 Å². The summed E-state index contributed by atoms with van der Waals surface area (Å²) in [6.07, 6.45) is -1.09. The normalized spacial score (nSPS) is 20.1. The van der Waals surface area contributed by atoms with Crippen LogP contribution in [0.4, 0.5) is 26.3 Å². The second-order valence-corrected chi connectivity index (χ2v) is 25.0. The standard InChI is InChI=1S/C72H44F6N2O14S2/c73-71(74,75)43-21-23-45-47(29-43)49(59(83)57(45)81)31-55-79-63-61(95-55)51-25-42-28-54-52(26-41(42)27-53(51)93-69(63,65(85)89-33-37-13-5-1-6-14-37)66(86)90-34-38-15-7-2-8-16-38)62-64(80-56(96-62)32-50-48-30-44(72(76,77)78)22-24-46(48)58(82)60(50)84)70(94-54,67(87)91-35-39-17-9-3-10-18-39)68(88)92-36-40-19-11-4-12-20-40/h1-32,41-42,55,79H,33-36H2/b49-31-,50-32-. The molecule has 1 N–H and O–H groups in total. The Bertz CT molecular complexity index is 4650. The van der Waals surface area contributed by atoms with Gasteiger partial charge in [0.05, 0.1) is 27.1 Å². The highest BCUT2D eigenvalue weighted by Gasteiger charge is 2.64. The third kappa shape index (κ3) is 11.0. The number of Topliss-reactive ketones (excluding diaryl/α,β-unsaturated/α-hetero) is 4. The molecule has 3 atom stereocenters. The molecule has 16 nitrogen and oxygen atoms in total. The average molecular weight is 1340 g/mol. The van der Waals surface area contributed by atoms with Crippen LogP contribution in [0.3, 0.4) is 0 Å². The zero-order valence-electron chi connectivity index (χ0n) is 49.3. The lowest BCUT2D eigenvalue weighted by Gasteiger charge is -2.40. The molecule has 0 radical (unpaired) electrons. The highest BCUT2D eigenvalue weighted by molar-refractivity contribution is 8.04. The zero-order valence-corrected chi connectivity index (χ0v) is 50.9. The summed E-state index contributed by atoms with van der Waals surface area (Å²) in [5.74, 6) is -11.7. The number of nitrogens with one attached hydrogen (secondary N) is 1. The van der Waals surface area contributed by atoms with Crippen molar-refractivity contribution in [2.75, 3.05) is 0 Å². The highest BCUT2D eigenvalue weighted by atomic mass is 32.2. The van der Waals surface area contributed by atoms with Crippen LogP contribution >= 0.6 is 23.1 Å². The van der Waals surface area contributed by atoms with Crippen molar-refractivity contribution in [1.29, 1.82) is 0 Å². The van der Waals surface area contributed by atoms with Crippen LogP contribution in [0, 0.1) is 11.8 Å². The van der Waals surface area contributed by atoms with Gasteiger partial charge in [-0.1, -0.05) is 145 Å². The first-order valence-electron chi connectivity index (χ1n) is 29.4. The van der Waals surface area contributed by atoms with Crippen LogP contribution in [-0.4, -0.2) is 63.0 Å². The van der Waals surface area contributed by atoms with E-state index in [9.17, 15) is 45.5 Å². The number of rotatable bonds is 14. The number of aromatic nitrogens is 1. The van der Waals surface area contributed by atoms with Crippen LogP contribution in [0.2, 0.25) is 0 Å². The van der Waals surface area contributed by atoms with Crippen molar-refractivity contribution in [3.63, 3.8) is 0 Å². The molecule has 1 aromatic heterocycles. The number of carbonyl (C=O) groups is 8. The maximum Gasteiger partial charge on any atom is 0.416 e. The molecule has 3 aliphatic heterocycles. The van der Waals surface area contributed by atoms with Gasteiger partial charge in [0.1, 0.15) is 48.6 Å². The SMILES string of the molecule is O=C1C(=O)c2ccc(C(F)(F)F)cc2/C1=C/c1nc2c(s1)C1=CC3C=C4OC(C(=O)OCc5ccccc5)(C(=O)OCc5ccccc5)C5=C(SC(/C=C6\C(=O)C(=O)c7ccc(C(F)(F)F)cc76)N5)C4=CC3C=C1OC2(C(=O)OCc1ccccc1)C(=O)OCc1ccccc1. The maximum absolute atomic E-state index is 15.3. The lowest BCUT2D eigenvalue weighted by molar-refractivity contribution is -0.190. The lowest BCUT2D eigenvalue weighted by Crippen LogP contribution is -2.57. The van der Waals surface area contributed by atoms with E-state index in [0.717, 1.165) is 41.3 Å². The quantitative estimate of drug-likeness (QED) is 0.0267. The topological polar surface area (TPSA) is 217 Å². The number of carbonyl (C=O) groups excluding carboxylic acids is 8. The van der Waals surface area contributed by atoms with Crippen LogP contribution < -0.4 is 5.32 Å². The van der Waals surface area contributed by atoms with Gasteiger partial charge in [-0.3, -0.25) is 19.2 Å². The van der Waals surface area contributed by atoms with Gasteiger partial charge in [0, 0.05) is 50.2 Å². The maximum atomic E-state index is 15.3. The number of hydrogen-bond acceptors (Lipinski definition) is 18. The molecule has 96 heavy (non-hydrogen) atoms. The molecular weight excluding hydrogens is 1290 g/mol. The second-order valence-electron chi connectivity index (χ2n) is 22.8. The molecule has 480 valence electrons. The Balaban J connectivity index is 0.924. The van der Waals surface area contributed by atoms with Crippen LogP contribution in [0.5, 0.6) is 0 Å². The fraction of sp³-hybridized carbons (Fsp3) is 0.153. The smallest absolute Gasteiger partial charge is 0.416 e. The predicted molar refractivity (Wildman–Crippen MR) is 332 cm³/mol. The van der Waals surface area contributed by atoms with Crippen molar-refractivity contribution >= 4 is 92.9 Å². The van der Waals surface area contributed by atoms with E-state index in [1.807, 2.05) is 0 Å². The zero-order chi connectivity index (χ0) is 67.0. The van der Waals surface area contributed by atoms with Gasteiger partial charge >= 0.3 is 47.4 Å². The Morgan fingerprint density at radius 1 is 0.500 bits per heavy atom. The van der Waals surface area contributed by atoms with E-state index < -0.39 is 142 Å². The average Bonchev–Trinajstić information content (AvgIpc) is 1.34. The summed E-state index contributed by atoms with van der Waals surface area (Å²) in [5, 5.41) is 1.66. The van der Waals surface area contributed by atoms with E-state index in [0.29, 0.717) is 46.5 Å². The number of hydrogen-bond donors (Lipinski definition) is 1. The molecule has 14 rings (SSSR count). The van der Waals surface area contributed by atoms with Gasteiger partial charge in [-0.25, -0.2) is 24.2 Å². The highest BCUT2D eigenvalue weighted by Crippen LogP contribution is 2.56. The summed E-state index contributed by atoms with van der Waals surface area (Å²) in [6.45, 7) is -1.63. The number of fused-ring (bicyclic) bond motifs is 8. The monoisotopic (exact) mass is 1340 g/mol. The molecule has 24 heteroatoms. The summed E-state index contributed by atoms with van der Waals surface area (Å²) in [6, 6.07) is 38.2. The summed E-state index contributed by atoms with van der Waals surface area (Å²) >= 11 is 1.67. The summed E-state index contributed by atoms with van der Waals surface area (Å²) in [7, 11) is 0. The fourth-order valence-corrected chi connectivity index (χ4v) is 14.3. The minimum absolute atomic E-state index is 0.0218. The van der Waals surface area contributed by atoms with Crippen molar-refractivity contribution in [1.82, 2.24) is 10.3 Å². The molecule has 6 aromatic carbocycles. The van der Waals surface area contributed by atoms with Gasteiger partial charge in [-0.15, -0.1) is 11.3 Å². The molecule has 0 fully saturated rings. The van der Waals surface area contributed by atoms with Gasteiger partial charge in [0.15, 0.2) is 0 Å². The van der Waals surface area contributed by atoms with Crippen molar-refractivity contribution < 1.29 is 93.1 Å². The Kier molecular flexibility index (Phi) is 15.7. The number of halogens is 6. The molecular formula is C72H44F6N2O14S2. The first kappa shape index (κ1) is 62.5. The first-order chi connectivity index (χ1) is 46.1. The molecule has 4 heterocycles. The van der Waals surface area contributed by atoms with E-state index in [-0.39, 0.29) is 65.4 Å². The molecule has 0 saturated carbocycles. The number of ketones is 4. The summed E-state index contributed by atoms with van der Waals surface area (Å²) in [4.78, 5) is 121. The Labute approximate surface area is 547 Å². The van der Waals surface area contributed by atoms with Gasteiger partial charge in [0.25, 0.3) is 0 Å². The molecule has 0 spiro atoms. The van der Waals surface area contributed by atoms with E-state index in [4.69, 9.17) is 33.4 Å². The van der Waals surface area contributed by atoms with Gasteiger partial charge in [-0.2, -0.15) is 26.3 Å². The largest absolute Gasteiger partial charge is 0.458 e. The molecule has 0 bridgehead atoms. The van der Waals surface area contributed by atoms with Crippen molar-refractivity contribution in [3.05, 3.63) is 287 Å². The minimum Gasteiger partial charge on any atom is -0.458 e. The van der Waals surface area contributed by atoms with Crippen molar-refractivity contribution in [3.8, 4) is 0 Å². The number of benzene rings is 6. The fourth-order valence-electron chi connectivity index (χ4n) is 12.0. The van der Waals surface area contributed by atoms with E-state index in [2.05, 4.69) is 5.32 Å². The van der Waals surface area contributed by atoms with Crippen molar-refractivity contribution in [2.24, 2.45) is 11.8 Å². The molecule has 0 amide bonds. The Morgan fingerprint density at radius 3 is 1.36 bits per heavy atom. The van der Waals surface area contributed by atoms with Crippen LogP contribution in [0.15, 0.2) is 216 Å². The molecule has 7 aromatic rings. The van der Waals surface area contributed by atoms with Gasteiger partial charge in [0.2, 0.25) is 23.1 Å². The van der Waals surface area contributed by atoms with E-state index in [1.165, 1.54) is 6.08 Å². The third-order valence-electron chi connectivity index (χ3n) is 16.7. The number of esters is 4. The summed E-state index contributed by atoms with van der Waals surface area (Å²) in [5.41, 5.74) is -8.68. The molecule has 4 aliphatic carbocycles. The molecule has 0 saturated heterocycles. The Morgan fingerprint density at radius 2 is 0.906 bits per heavy atom. The number of thiazole rings is 1. The Hall–Kier alpha value is -11.0. The van der Waals surface area contributed by atoms with Crippen LogP contribution in [-0.2, 0) is 102 Å². The van der Waals surface area contributed by atoms with Crippen molar-refractivity contribution in [2.45, 2.75) is 55.4 Å². The molecule has 3 unspecified atom stereocenters. The third-order valence-corrected chi connectivity index (χ3v) is 18.9. The number of nitrogens with zero attached hydrogens (tertiary/aromatic N) is 1. The number of allylic oxidation sites excluding steroid dienone is 8. The lowest BCUT2D eigenvalue weighted by atomic mass is 9.76. The number of alkyl halides is 6. The predicted octanol–water partition coefficient (Wildman–Crippen LogP) is 12.5. The van der Waals surface area contributed by atoms with Gasteiger partial charge in [-0.05, 0) is 94.1 Å². The minimum atomic E-state index is -4.89. The van der Waals surface area contributed by atoms with E-state index in [1.54, 1.807) is 146 Å². The first-order valence-corrected chi connectivity index (χ1v) is 31.1. The molecule has 7 aliphatic rings. The van der Waals surface area contributed by atoms with Gasteiger partial charge < -0.3 is 33.7 Å². The second kappa shape index (κ2) is 24.1.